The van der Waals surface area contributed by atoms with Crippen molar-refractivity contribution in [2.45, 2.75) is 56.0 Å². The Kier molecular flexibility index (Phi) is 10.3. The molecule has 11 nitrogen and oxygen atoms in total. The van der Waals surface area contributed by atoms with Crippen LogP contribution in [0.5, 0.6) is 0 Å². The molecule has 8 N–H and O–H groups in total. The van der Waals surface area contributed by atoms with Crippen molar-refractivity contribution in [2.75, 3.05) is 25.1 Å². The van der Waals surface area contributed by atoms with Gasteiger partial charge < -0.3 is 46.3 Å². The van der Waals surface area contributed by atoms with Gasteiger partial charge in [0.1, 0.15) is 31.0 Å². The zero-order valence-corrected chi connectivity index (χ0v) is 17.1. The van der Waals surface area contributed by atoms with Gasteiger partial charge in [0.15, 0.2) is 6.29 Å². The molecule has 2 rings (SSSR count). The Morgan fingerprint density at radius 1 is 1.13 bits per heavy atom. The van der Waals surface area contributed by atoms with Crippen molar-refractivity contribution in [1.29, 1.82) is 0 Å². The second kappa shape index (κ2) is 12.7. The lowest BCUT2D eigenvalue weighted by atomic mass is 9.99. The molecule has 1 aromatic rings. The Morgan fingerprint density at radius 3 is 2.52 bits per heavy atom. The highest BCUT2D eigenvalue weighted by Gasteiger charge is 2.44. The van der Waals surface area contributed by atoms with Crippen LogP contribution in [-0.4, -0.2) is 88.7 Å². The van der Waals surface area contributed by atoms with E-state index in [0.717, 1.165) is 0 Å². The number of unbranched alkanes of at least 4 members (excludes halogenated alkanes) is 1. The van der Waals surface area contributed by atoms with Crippen molar-refractivity contribution >= 4 is 17.5 Å². The summed E-state index contributed by atoms with van der Waals surface area (Å²) in [6, 6.07) is 8.34. The van der Waals surface area contributed by atoms with E-state index < -0.39 is 55.9 Å². The number of nitrogens with one attached hydrogen (secondary N) is 2. The van der Waals surface area contributed by atoms with Crippen molar-refractivity contribution in [2.24, 2.45) is 5.73 Å². The highest BCUT2D eigenvalue weighted by Crippen LogP contribution is 2.22. The van der Waals surface area contributed by atoms with E-state index >= 15 is 0 Å². The van der Waals surface area contributed by atoms with E-state index in [0.29, 0.717) is 31.5 Å². The van der Waals surface area contributed by atoms with Crippen molar-refractivity contribution in [3.63, 3.8) is 0 Å². The van der Waals surface area contributed by atoms with Crippen LogP contribution < -0.4 is 16.4 Å². The molecule has 0 aliphatic carbocycles. The van der Waals surface area contributed by atoms with E-state index in [9.17, 15) is 24.9 Å². The molecule has 1 saturated heterocycles. The number of hydrogen-bond donors (Lipinski definition) is 7. The van der Waals surface area contributed by atoms with Crippen molar-refractivity contribution in [1.82, 2.24) is 5.32 Å². The van der Waals surface area contributed by atoms with E-state index in [2.05, 4.69) is 10.6 Å². The van der Waals surface area contributed by atoms with E-state index in [1.165, 1.54) is 0 Å². The minimum Gasteiger partial charge on any atom is -0.394 e. The smallest absolute Gasteiger partial charge is 0.246 e. The molecule has 0 aromatic heterocycles. The maximum absolute atomic E-state index is 12.0. The fourth-order valence-electron chi connectivity index (χ4n) is 3.09. The molecule has 1 heterocycles. The number of aliphatic hydroxyl groups excluding tert-OH is 4. The molecule has 0 bridgehead atoms. The largest absolute Gasteiger partial charge is 0.394 e. The van der Waals surface area contributed by atoms with Crippen LogP contribution in [0.2, 0.25) is 0 Å². The SMILES string of the molecule is NC(CCCCNC(=O)CO[C@@H]1[C@@H](O)[C@@H](O)OC(CO)[C@H]1O)C(=O)Nc1ccccc1. The molecule has 6 atom stereocenters. The maximum Gasteiger partial charge on any atom is 0.246 e. The van der Waals surface area contributed by atoms with Gasteiger partial charge in [0.05, 0.1) is 12.6 Å². The first-order valence-corrected chi connectivity index (χ1v) is 10.1. The molecule has 11 heteroatoms. The molecule has 2 unspecified atom stereocenters. The first-order valence-electron chi connectivity index (χ1n) is 10.1. The predicted octanol–water partition coefficient (Wildman–Crippen LogP) is -1.94. The number of rotatable bonds is 11. The van der Waals surface area contributed by atoms with Gasteiger partial charge >= 0.3 is 0 Å². The second-order valence-electron chi connectivity index (χ2n) is 7.31. The third-order valence-electron chi connectivity index (χ3n) is 4.89. The number of ether oxygens (including phenoxy) is 2. The molecule has 0 radical (unpaired) electrons. The predicted molar refractivity (Wildman–Crippen MR) is 110 cm³/mol. The Hall–Kier alpha value is -2.12. The lowest BCUT2D eigenvalue weighted by molar-refractivity contribution is -0.293. The second-order valence-corrected chi connectivity index (χ2v) is 7.31. The van der Waals surface area contributed by atoms with E-state index in [4.69, 9.17) is 20.3 Å². The van der Waals surface area contributed by atoms with Gasteiger partial charge in [-0.25, -0.2) is 0 Å². The molecule has 0 saturated carbocycles. The molecule has 1 aliphatic heterocycles. The van der Waals surface area contributed by atoms with E-state index in [1.807, 2.05) is 18.2 Å². The summed E-state index contributed by atoms with van der Waals surface area (Å²) >= 11 is 0. The number of carbonyl (C=O) groups is 2. The van der Waals surface area contributed by atoms with Crippen LogP contribution in [0, 0.1) is 0 Å². The number of hydrogen-bond acceptors (Lipinski definition) is 9. The van der Waals surface area contributed by atoms with Crippen molar-refractivity contribution < 1.29 is 39.5 Å². The van der Waals surface area contributed by atoms with Crippen LogP contribution in [0.1, 0.15) is 19.3 Å². The standard InChI is InChI=1S/C20H31N3O8/c21-13(19(28)23-12-6-2-1-3-7-12)8-4-5-9-22-15(25)11-30-18-16(26)14(10-24)31-20(29)17(18)27/h1-3,6-7,13-14,16-18,20,24,26-27,29H,4-5,8-11,21H2,(H,22,25)(H,23,28)/t13?,14?,16-,17-,18+,20+/m1/s1. The Bertz CT molecular complexity index is 692. The summed E-state index contributed by atoms with van der Waals surface area (Å²) in [6.07, 6.45) is -5.36. The molecule has 1 aromatic carbocycles. The molecular weight excluding hydrogens is 410 g/mol. The van der Waals surface area contributed by atoms with Gasteiger partial charge in [-0.2, -0.15) is 0 Å². The summed E-state index contributed by atoms with van der Waals surface area (Å²) in [4.78, 5) is 23.9. The highest BCUT2D eigenvalue weighted by molar-refractivity contribution is 5.94. The molecule has 31 heavy (non-hydrogen) atoms. The number of para-hydroxylation sites is 1. The fourth-order valence-corrected chi connectivity index (χ4v) is 3.09. The van der Waals surface area contributed by atoms with Gasteiger partial charge in [-0.1, -0.05) is 18.2 Å². The first-order chi connectivity index (χ1) is 14.8. The Labute approximate surface area is 180 Å². The van der Waals surface area contributed by atoms with E-state index in [1.54, 1.807) is 12.1 Å². The topological polar surface area (TPSA) is 184 Å². The third-order valence-corrected chi connectivity index (χ3v) is 4.89. The average Bonchev–Trinajstić information content (AvgIpc) is 2.76. The van der Waals surface area contributed by atoms with Gasteiger partial charge in [-0.05, 0) is 31.4 Å². The van der Waals surface area contributed by atoms with Crippen LogP contribution in [0.25, 0.3) is 0 Å². The molecule has 174 valence electrons. The van der Waals surface area contributed by atoms with Crippen LogP contribution in [-0.2, 0) is 19.1 Å². The minimum atomic E-state index is -1.64. The average molecular weight is 441 g/mol. The zero-order valence-electron chi connectivity index (χ0n) is 17.1. The minimum absolute atomic E-state index is 0.277. The highest BCUT2D eigenvalue weighted by atomic mass is 16.6. The van der Waals surface area contributed by atoms with Gasteiger partial charge in [0.25, 0.3) is 0 Å². The van der Waals surface area contributed by atoms with Gasteiger partial charge in [-0.15, -0.1) is 0 Å². The van der Waals surface area contributed by atoms with Gasteiger partial charge in [-0.3, -0.25) is 9.59 Å². The van der Waals surface area contributed by atoms with Gasteiger partial charge in [0.2, 0.25) is 11.8 Å². The fraction of sp³-hybridized carbons (Fsp3) is 0.600. The van der Waals surface area contributed by atoms with Crippen molar-refractivity contribution in [3.05, 3.63) is 30.3 Å². The quantitative estimate of drug-likeness (QED) is 0.192. The summed E-state index contributed by atoms with van der Waals surface area (Å²) in [5.41, 5.74) is 6.56. The normalized spacial score (nSPS) is 26.8. The molecular formula is C20H31N3O8. The zero-order chi connectivity index (χ0) is 22.8. The number of anilines is 1. The van der Waals surface area contributed by atoms with E-state index in [-0.39, 0.29) is 5.91 Å². The number of carbonyl (C=O) groups excluding carboxylic acids is 2. The summed E-state index contributed by atoms with van der Waals surface area (Å²) in [7, 11) is 0. The van der Waals surface area contributed by atoms with Crippen LogP contribution in [0.3, 0.4) is 0 Å². The molecule has 1 fully saturated rings. The van der Waals surface area contributed by atoms with Crippen LogP contribution >= 0.6 is 0 Å². The molecule has 2 amide bonds. The molecule has 1 aliphatic rings. The van der Waals surface area contributed by atoms with Gasteiger partial charge in [0, 0.05) is 12.2 Å². The lowest BCUT2D eigenvalue weighted by Gasteiger charge is -2.39. The summed E-state index contributed by atoms with van der Waals surface area (Å²) in [6.45, 7) is -0.707. The number of aliphatic hydroxyl groups is 4. The number of nitrogens with two attached hydrogens (primary N) is 1. The van der Waals surface area contributed by atoms with Crippen LogP contribution in [0.4, 0.5) is 5.69 Å². The van der Waals surface area contributed by atoms with Crippen molar-refractivity contribution in [3.8, 4) is 0 Å². The summed E-state index contributed by atoms with van der Waals surface area (Å²) in [5.74, 6) is -0.757. The Morgan fingerprint density at radius 2 is 1.84 bits per heavy atom. The number of amides is 2. The summed E-state index contributed by atoms with van der Waals surface area (Å²) in [5, 5.41) is 43.9. The maximum atomic E-state index is 12.0. The summed E-state index contributed by atoms with van der Waals surface area (Å²) < 4.78 is 10.1. The number of benzene rings is 1. The lowest BCUT2D eigenvalue weighted by Crippen LogP contribution is -2.59. The monoisotopic (exact) mass is 441 g/mol. The Balaban J connectivity index is 1.61. The third kappa shape index (κ3) is 7.82. The first kappa shape index (κ1) is 25.1. The molecule has 0 spiro atoms. The van der Waals surface area contributed by atoms with Crippen LogP contribution in [0.15, 0.2) is 30.3 Å².